The quantitative estimate of drug-likeness (QED) is 0.0261. The monoisotopic (exact) mass is 1090 g/mol. The van der Waals surface area contributed by atoms with Crippen LogP contribution in [0.5, 0.6) is 0 Å². The standard InChI is InChI=1S/C72H128O6/c1-4-7-10-13-16-19-22-25-28-31-34-36-38-41-44-47-50-53-56-59-62-65-71(74)77-68-69(67-76-70(73)64-61-58-55-52-49-46-43-40-33-30-27-24-21-18-15-12-9-6-3)78-72(75)66-63-60-57-54-51-48-45-42-39-37-35-32-29-26-23-20-17-14-11-8-5-2/h21-26,30-35,69H,4-20,27-29,36-68H2,1-3H3/b24-21-,25-22-,26-23-,33-30-,34-31-,35-32-. The van der Waals surface area contributed by atoms with Crippen molar-refractivity contribution in [3.05, 3.63) is 72.9 Å². The normalized spacial score (nSPS) is 12.5. The first kappa shape index (κ1) is 74.8. The zero-order valence-electron chi connectivity index (χ0n) is 51.9. The van der Waals surface area contributed by atoms with E-state index in [0.29, 0.717) is 19.3 Å². The van der Waals surface area contributed by atoms with Crippen molar-refractivity contribution in [3.63, 3.8) is 0 Å². The molecule has 0 N–H and O–H groups in total. The molecular weight excluding hydrogens is 961 g/mol. The van der Waals surface area contributed by atoms with Crippen LogP contribution < -0.4 is 0 Å². The molecule has 0 rings (SSSR count). The third-order valence-corrected chi connectivity index (χ3v) is 14.9. The summed E-state index contributed by atoms with van der Waals surface area (Å²) in [4.78, 5) is 38.4. The highest BCUT2D eigenvalue weighted by molar-refractivity contribution is 5.71. The molecule has 0 aromatic carbocycles. The van der Waals surface area contributed by atoms with Gasteiger partial charge in [-0.05, 0) is 116 Å². The lowest BCUT2D eigenvalue weighted by atomic mass is 10.1. The molecule has 0 amide bonds. The molecule has 0 radical (unpaired) electrons. The Balaban J connectivity index is 4.39. The number of carbonyl (C=O) groups excluding carboxylic acids is 3. The highest BCUT2D eigenvalue weighted by Crippen LogP contribution is 2.16. The third kappa shape index (κ3) is 63.7. The molecule has 452 valence electrons. The van der Waals surface area contributed by atoms with Crippen LogP contribution in [0.4, 0.5) is 0 Å². The fourth-order valence-electron chi connectivity index (χ4n) is 9.77. The first-order valence-electron chi connectivity index (χ1n) is 33.9. The van der Waals surface area contributed by atoms with Crippen molar-refractivity contribution in [3.8, 4) is 0 Å². The molecule has 0 aliphatic carbocycles. The van der Waals surface area contributed by atoms with Gasteiger partial charge in [0.2, 0.25) is 0 Å². The van der Waals surface area contributed by atoms with Crippen LogP contribution in [0.3, 0.4) is 0 Å². The van der Waals surface area contributed by atoms with Gasteiger partial charge in [-0.1, -0.05) is 286 Å². The molecule has 0 aliphatic heterocycles. The number of unbranched alkanes of at least 4 members (excludes halogenated alkanes) is 39. The molecule has 0 aromatic rings. The maximum Gasteiger partial charge on any atom is 0.306 e. The summed E-state index contributed by atoms with van der Waals surface area (Å²) in [7, 11) is 0. The zero-order valence-corrected chi connectivity index (χ0v) is 51.9. The fourth-order valence-corrected chi connectivity index (χ4v) is 9.77. The molecule has 0 aliphatic rings. The summed E-state index contributed by atoms with van der Waals surface area (Å²) in [6.07, 6.45) is 86.2. The Morgan fingerprint density at radius 1 is 0.256 bits per heavy atom. The average molecular weight is 1090 g/mol. The van der Waals surface area contributed by atoms with Gasteiger partial charge in [-0.3, -0.25) is 14.4 Å². The van der Waals surface area contributed by atoms with Crippen LogP contribution in [0, 0.1) is 0 Å². The van der Waals surface area contributed by atoms with Gasteiger partial charge in [0, 0.05) is 19.3 Å². The van der Waals surface area contributed by atoms with Gasteiger partial charge < -0.3 is 14.2 Å². The van der Waals surface area contributed by atoms with E-state index >= 15 is 0 Å². The van der Waals surface area contributed by atoms with Gasteiger partial charge in [-0.15, -0.1) is 0 Å². The largest absolute Gasteiger partial charge is 0.462 e. The summed E-state index contributed by atoms with van der Waals surface area (Å²) in [5.41, 5.74) is 0. The maximum absolute atomic E-state index is 12.9. The van der Waals surface area contributed by atoms with E-state index in [1.165, 1.54) is 225 Å². The topological polar surface area (TPSA) is 78.9 Å². The van der Waals surface area contributed by atoms with E-state index in [2.05, 4.69) is 93.7 Å². The summed E-state index contributed by atoms with van der Waals surface area (Å²) in [6, 6.07) is 0. The van der Waals surface area contributed by atoms with Crippen LogP contribution in [0.15, 0.2) is 72.9 Å². The summed E-state index contributed by atoms with van der Waals surface area (Å²) >= 11 is 0. The average Bonchev–Trinajstić information content (AvgIpc) is 3.44. The second-order valence-electron chi connectivity index (χ2n) is 22.7. The molecule has 1 unspecified atom stereocenters. The Labute approximate surface area is 484 Å². The van der Waals surface area contributed by atoms with Crippen LogP contribution in [0.1, 0.15) is 348 Å². The highest BCUT2D eigenvalue weighted by atomic mass is 16.6. The van der Waals surface area contributed by atoms with Crippen molar-refractivity contribution in [2.24, 2.45) is 0 Å². The van der Waals surface area contributed by atoms with Gasteiger partial charge in [0.15, 0.2) is 6.10 Å². The lowest BCUT2D eigenvalue weighted by Gasteiger charge is -2.18. The van der Waals surface area contributed by atoms with Gasteiger partial charge in [0.25, 0.3) is 0 Å². The highest BCUT2D eigenvalue weighted by Gasteiger charge is 2.19. The van der Waals surface area contributed by atoms with Crippen LogP contribution in [0.25, 0.3) is 0 Å². The minimum Gasteiger partial charge on any atom is -0.462 e. The number of allylic oxidation sites excluding steroid dienone is 12. The Hall–Kier alpha value is -3.15. The molecule has 0 saturated carbocycles. The Morgan fingerprint density at radius 3 is 0.718 bits per heavy atom. The van der Waals surface area contributed by atoms with Gasteiger partial charge in [-0.25, -0.2) is 0 Å². The minimum absolute atomic E-state index is 0.0804. The maximum atomic E-state index is 12.9. The van der Waals surface area contributed by atoms with Crippen molar-refractivity contribution in [2.45, 2.75) is 354 Å². The lowest BCUT2D eigenvalue weighted by Crippen LogP contribution is -2.30. The van der Waals surface area contributed by atoms with E-state index in [1.54, 1.807) is 0 Å². The molecule has 1 atom stereocenters. The van der Waals surface area contributed by atoms with Crippen LogP contribution in [-0.4, -0.2) is 37.2 Å². The van der Waals surface area contributed by atoms with Crippen molar-refractivity contribution < 1.29 is 28.6 Å². The lowest BCUT2D eigenvalue weighted by molar-refractivity contribution is -0.167. The van der Waals surface area contributed by atoms with E-state index in [0.717, 1.165) is 83.5 Å². The molecule has 0 aromatic heterocycles. The number of hydrogen-bond acceptors (Lipinski definition) is 6. The number of hydrogen-bond donors (Lipinski definition) is 0. The second kappa shape index (κ2) is 66.4. The van der Waals surface area contributed by atoms with Crippen LogP contribution in [-0.2, 0) is 28.6 Å². The second-order valence-corrected chi connectivity index (χ2v) is 22.7. The van der Waals surface area contributed by atoms with Crippen LogP contribution >= 0.6 is 0 Å². The van der Waals surface area contributed by atoms with Gasteiger partial charge >= 0.3 is 17.9 Å². The molecule has 6 heteroatoms. The summed E-state index contributed by atoms with van der Waals surface area (Å²) < 4.78 is 17.0. The molecule has 78 heavy (non-hydrogen) atoms. The number of rotatable bonds is 62. The van der Waals surface area contributed by atoms with Gasteiger partial charge in [-0.2, -0.15) is 0 Å². The minimum atomic E-state index is -0.785. The molecule has 0 heterocycles. The molecule has 0 fully saturated rings. The van der Waals surface area contributed by atoms with Crippen molar-refractivity contribution >= 4 is 17.9 Å². The van der Waals surface area contributed by atoms with Gasteiger partial charge in [0.1, 0.15) is 13.2 Å². The van der Waals surface area contributed by atoms with Crippen LogP contribution in [0.2, 0.25) is 0 Å². The summed E-state index contributed by atoms with van der Waals surface area (Å²) in [6.45, 7) is 6.64. The Morgan fingerprint density at radius 2 is 0.462 bits per heavy atom. The summed E-state index contributed by atoms with van der Waals surface area (Å²) in [5, 5.41) is 0. The predicted molar refractivity (Wildman–Crippen MR) is 339 cm³/mol. The SMILES string of the molecule is CCCCCC/C=C\C/C=C\CCCCCCCCCC(=O)OCC(COC(=O)CCCCCCCCCCC/C=C\C/C=C\CCCCCCC)OC(=O)CCCCCCCCCCC/C=C\C/C=C\CCCCCCC. The number of esters is 3. The number of ether oxygens (including phenoxy) is 3. The van der Waals surface area contributed by atoms with E-state index in [4.69, 9.17) is 14.2 Å². The Kier molecular flexibility index (Phi) is 63.7. The van der Waals surface area contributed by atoms with E-state index < -0.39 is 6.10 Å². The smallest absolute Gasteiger partial charge is 0.306 e. The molecule has 0 spiro atoms. The molecule has 0 bridgehead atoms. The molecule has 6 nitrogen and oxygen atoms in total. The first-order valence-corrected chi connectivity index (χ1v) is 33.9. The summed E-state index contributed by atoms with van der Waals surface area (Å²) in [5.74, 6) is -0.878. The van der Waals surface area contributed by atoms with E-state index in [1.807, 2.05) is 0 Å². The molecular formula is C72H128O6. The van der Waals surface area contributed by atoms with Crippen molar-refractivity contribution in [1.82, 2.24) is 0 Å². The van der Waals surface area contributed by atoms with Gasteiger partial charge in [0.05, 0.1) is 0 Å². The third-order valence-electron chi connectivity index (χ3n) is 14.9. The first-order chi connectivity index (χ1) is 38.5. The zero-order chi connectivity index (χ0) is 56.4. The number of carbonyl (C=O) groups is 3. The molecule has 0 saturated heterocycles. The van der Waals surface area contributed by atoms with E-state index in [9.17, 15) is 14.4 Å². The van der Waals surface area contributed by atoms with E-state index in [-0.39, 0.29) is 31.1 Å². The fraction of sp³-hybridized carbons (Fsp3) is 0.792. The van der Waals surface area contributed by atoms with Crippen molar-refractivity contribution in [1.29, 1.82) is 0 Å². The predicted octanol–water partition coefficient (Wildman–Crippen LogP) is 23.3. The van der Waals surface area contributed by atoms with Crippen molar-refractivity contribution in [2.75, 3.05) is 13.2 Å². The Bertz CT molecular complexity index is 1440.